The van der Waals surface area contributed by atoms with Gasteiger partial charge in [0.2, 0.25) is 5.89 Å². The van der Waals surface area contributed by atoms with E-state index < -0.39 is 0 Å². The molecule has 0 fully saturated rings. The van der Waals surface area contributed by atoms with Crippen LogP contribution in [0.1, 0.15) is 5.56 Å². The average Bonchev–Trinajstić information content (AvgIpc) is 2.96. The summed E-state index contributed by atoms with van der Waals surface area (Å²) >= 11 is 0. The van der Waals surface area contributed by atoms with Crippen LogP contribution in [-0.2, 0) is 6.54 Å². The molecule has 0 unspecified atom stereocenters. The van der Waals surface area contributed by atoms with E-state index in [4.69, 9.17) is 10.2 Å². The lowest BCUT2D eigenvalue weighted by molar-refractivity contribution is 0.598. The van der Waals surface area contributed by atoms with Crippen LogP contribution >= 0.6 is 0 Å². The van der Waals surface area contributed by atoms with Crippen LogP contribution in [-0.4, -0.2) is 26.5 Å². The number of hydrogen-bond acceptors (Lipinski definition) is 5. The molecule has 6 nitrogen and oxygen atoms in total. The minimum Gasteiger partial charge on any atom is -0.435 e. The molecule has 3 aromatic rings. The van der Waals surface area contributed by atoms with Crippen molar-refractivity contribution in [3.05, 3.63) is 30.0 Å². The molecule has 0 aliphatic rings. The number of benzene rings is 1. The van der Waals surface area contributed by atoms with Crippen LogP contribution in [0.25, 0.3) is 22.7 Å². The quantitative estimate of drug-likeness (QED) is 0.750. The SMILES string of the molecule is Cc1cccc2oc(-c3cn(CCN)nn3)nc12. The summed E-state index contributed by atoms with van der Waals surface area (Å²) in [7, 11) is 0. The summed E-state index contributed by atoms with van der Waals surface area (Å²) in [6.07, 6.45) is 1.78. The number of oxazole rings is 1. The average molecular weight is 243 g/mol. The van der Waals surface area contributed by atoms with E-state index in [0.29, 0.717) is 24.7 Å². The Labute approximate surface area is 103 Å². The van der Waals surface area contributed by atoms with Gasteiger partial charge < -0.3 is 10.2 Å². The minimum absolute atomic E-state index is 0.488. The van der Waals surface area contributed by atoms with Gasteiger partial charge >= 0.3 is 0 Å². The van der Waals surface area contributed by atoms with Crippen molar-refractivity contribution in [2.45, 2.75) is 13.5 Å². The van der Waals surface area contributed by atoms with E-state index in [1.54, 1.807) is 10.9 Å². The molecule has 6 heteroatoms. The van der Waals surface area contributed by atoms with Gasteiger partial charge in [-0.3, -0.25) is 4.68 Å². The molecule has 0 radical (unpaired) electrons. The number of aromatic nitrogens is 4. The van der Waals surface area contributed by atoms with Crippen LogP contribution in [0.15, 0.2) is 28.8 Å². The van der Waals surface area contributed by atoms with Gasteiger partial charge in [0, 0.05) is 6.54 Å². The molecular formula is C12H13N5O. The number of nitrogens with two attached hydrogens (primary N) is 1. The Balaban J connectivity index is 2.05. The highest BCUT2D eigenvalue weighted by molar-refractivity contribution is 5.78. The van der Waals surface area contributed by atoms with Gasteiger partial charge in [-0.2, -0.15) is 0 Å². The van der Waals surface area contributed by atoms with Crippen molar-refractivity contribution in [2.75, 3.05) is 6.54 Å². The lowest BCUT2D eigenvalue weighted by atomic mass is 10.2. The van der Waals surface area contributed by atoms with Crippen molar-refractivity contribution < 1.29 is 4.42 Å². The van der Waals surface area contributed by atoms with Crippen molar-refractivity contribution in [1.29, 1.82) is 0 Å². The third-order valence-electron chi connectivity index (χ3n) is 2.74. The first-order valence-electron chi connectivity index (χ1n) is 5.74. The maximum atomic E-state index is 5.67. The number of hydrogen-bond donors (Lipinski definition) is 1. The molecule has 1 aromatic carbocycles. The minimum atomic E-state index is 0.488. The first kappa shape index (κ1) is 10.9. The zero-order valence-corrected chi connectivity index (χ0v) is 10.00. The zero-order valence-electron chi connectivity index (χ0n) is 10.00. The first-order valence-corrected chi connectivity index (χ1v) is 5.74. The fourth-order valence-corrected chi connectivity index (χ4v) is 1.83. The summed E-state index contributed by atoms with van der Waals surface area (Å²) in [6.45, 7) is 3.15. The molecule has 0 spiro atoms. The highest BCUT2D eigenvalue weighted by Crippen LogP contribution is 2.24. The Kier molecular flexibility index (Phi) is 2.56. The maximum Gasteiger partial charge on any atom is 0.249 e. The largest absolute Gasteiger partial charge is 0.435 e. The van der Waals surface area contributed by atoms with Gasteiger partial charge in [-0.25, -0.2) is 4.98 Å². The lowest BCUT2D eigenvalue weighted by Crippen LogP contribution is -2.10. The predicted octanol–water partition coefficient (Wildman–Crippen LogP) is 1.35. The summed E-state index contributed by atoms with van der Waals surface area (Å²) in [5.41, 5.74) is 8.79. The molecule has 0 saturated heterocycles. The molecule has 3 rings (SSSR count). The topological polar surface area (TPSA) is 82.8 Å². The summed E-state index contributed by atoms with van der Waals surface area (Å²) < 4.78 is 7.35. The first-order chi connectivity index (χ1) is 8.78. The summed E-state index contributed by atoms with van der Waals surface area (Å²) in [5.74, 6) is 0.488. The lowest BCUT2D eigenvalue weighted by Gasteiger charge is -1.91. The van der Waals surface area contributed by atoms with Crippen molar-refractivity contribution >= 4 is 11.1 Å². The standard InChI is InChI=1S/C12H13N5O/c1-8-3-2-4-10-11(8)14-12(18-10)9-7-17(6-5-13)16-15-9/h2-4,7H,5-6,13H2,1H3. The number of nitrogens with zero attached hydrogens (tertiary/aromatic N) is 4. The molecule has 2 aromatic heterocycles. The van der Waals surface area contributed by atoms with E-state index in [2.05, 4.69) is 15.3 Å². The van der Waals surface area contributed by atoms with Crippen LogP contribution in [0.5, 0.6) is 0 Å². The Morgan fingerprint density at radius 3 is 3.06 bits per heavy atom. The van der Waals surface area contributed by atoms with Gasteiger partial charge in [0.25, 0.3) is 0 Å². The summed E-state index contributed by atoms with van der Waals surface area (Å²) in [4.78, 5) is 4.44. The van der Waals surface area contributed by atoms with E-state index in [-0.39, 0.29) is 0 Å². The van der Waals surface area contributed by atoms with E-state index in [9.17, 15) is 0 Å². The van der Waals surface area contributed by atoms with Crippen LogP contribution in [0.3, 0.4) is 0 Å². The molecule has 2 N–H and O–H groups in total. The van der Waals surface area contributed by atoms with Gasteiger partial charge in [0.1, 0.15) is 5.52 Å². The van der Waals surface area contributed by atoms with E-state index in [1.807, 2.05) is 25.1 Å². The fraction of sp³-hybridized carbons (Fsp3) is 0.250. The molecule has 92 valence electrons. The van der Waals surface area contributed by atoms with Gasteiger partial charge in [-0.05, 0) is 18.6 Å². The molecule has 0 saturated carbocycles. The van der Waals surface area contributed by atoms with E-state index in [0.717, 1.165) is 16.7 Å². The van der Waals surface area contributed by atoms with Crippen LogP contribution in [0, 0.1) is 6.92 Å². The second-order valence-electron chi connectivity index (χ2n) is 4.10. The molecule has 0 amide bonds. The summed E-state index contributed by atoms with van der Waals surface area (Å²) in [5, 5.41) is 7.99. The van der Waals surface area contributed by atoms with Crippen LogP contribution in [0.2, 0.25) is 0 Å². The molecule has 0 aliphatic heterocycles. The number of rotatable bonds is 3. The van der Waals surface area contributed by atoms with Crippen molar-refractivity contribution in [3.8, 4) is 11.6 Å². The highest BCUT2D eigenvalue weighted by atomic mass is 16.3. The van der Waals surface area contributed by atoms with Crippen molar-refractivity contribution in [1.82, 2.24) is 20.0 Å². The Morgan fingerprint density at radius 2 is 2.28 bits per heavy atom. The third kappa shape index (κ3) is 1.76. The maximum absolute atomic E-state index is 5.67. The fourth-order valence-electron chi connectivity index (χ4n) is 1.83. The molecule has 0 atom stereocenters. The molecule has 0 aliphatic carbocycles. The van der Waals surface area contributed by atoms with Gasteiger partial charge in [0.05, 0.1) is 12.7 Å². The summed E-state index contributed by atoms with van der Waals surface area (Å²) in [6, 6.07) is 5.83. The third-order valence-corrected chi connectivity index (χ3v) is 2.74. The smallest absolute Gasteiger partial charge is 0.249 e. The van der Waals surface area contributed by atoms with Crippen molar-refractivity contribution in [3.63, 3.8) is 0 Å². The highest BCUT2D eigenvalue weighted by Gasteiger charge is 2.12. The second-order valence-corrected chi connectivity index (χ2v) is 4.10. The molecule has 2 heterocycles. The Hall–Kier alpha value is -2.21. The van der Waals surface area contributed by atoms with E-state index in [1.165, 1.54) is 0 Å². The number of aryl methyl sites for hydroxylation is 1. The Morgan fingerprint density at radius 1 is 1.39 bits per heavy atom. The normalized spacial score (nSPS) is 11.2. The van der Waals surface area contributed by atoms with Gasteiger partial charge in [-0.1, -0.05) is 17.3 Å². The second kappa shape index (κ2) is 4.23. The van der Waals surface area contributed by atoms with Gasteiger partial charge in [0.15, 0.2) is 11.3 Å². The van der Waals surface area contributed by atoms with Crippen LogP contribution in [0.4, 0.5) is 0 Å². The monoisotopic (exact) mass is 243 g/mol. The molecular weight excluding hydrogens is 230 g/mol. The van der Waals surface area contributed by atoms with Gasteiger partial charge in [-0.15, -0.1) is 5.10 Å². The van der Waals surface area contributed by atoms with Crippen LogP contribution < -0.4 is 5.73 Å². The van der Waals surface area contributed by atoms with Crippen molar-refractivity contribution in [2.24, 2.45) is 5.73 Å². The number of para-hydroxylation sites is 1. The molecule has 18 heavy (non-hydrogen) atoms. The predicted molar refractivity (Wildman–Crippen MR) is 66.8 cm³/mol. The molecule has 0 bridgehead atoms. The number of fused-ring (bicyclic) bond motifs is 1. The Bertz CT molecular complexity index is 685. The van der Waals surface area contributed by atoms with E-state index >= 15 is 0 Å². The zero-order chi connectivity index (χ0) is 12.5.